The second kappa shape index (κ2) is 4.93. The van der Waals surface area contributed by atoms with Gasteiger partial charge >= 0.3 is 5.97 Å². The van der Waals surface area contributed by atoms with Crippen molar-refractivity contribution >= 4 is 23.2 Å². The molecule has 6 heteroatoms. The van der Waals surface area contributed by atoms with Gasteiger partial charge in [-0.05, 0) is 30.7 Å². The Morgan fingerprint density at radius 3 is 2.79 bits per heavy atom. The Morgan fingerprint density at radius 1 is 1.42 bits per heavy atom. The third kappa shape index (κ3) is 2.79. The zero-order chi connectivity index (χ0) is 14.0. The second-order valence-corrected chi connectivity index (χ2v) is 4.05. The lowest BCUT2D eigenvalue weighted by Gasteiger charge is -2.08. The molecule has 2 aromatic rings. The minimum atomic E-state index is -1.14. The Kier molecular flexibility index (Phi) is 3.33. The number of aromatic nitrogens is 1. The average molecular weight is 261 g/mol. The van der Waals surface area contributed by atoms with Crippen LogP contribution in [0.4, 0.5) is 21.6 Å². The summed E-state index contributed by atoms with van der Waals surface area (Å²) in [6.07, 6.45) is 1.25. The fourth-order valence-corrected chi connectivity index (χ4v) is 1.54. The highest BCUT2D eigenvalue weighted by molar-refractivity contribution is 5.94. The van der Waals surface area contributed by atoms with Crippen molar-refractivity contribution in [1.29, 1.82) is 0 Å². The highest BCUT2D eigenvalue weighted by Crippen LogP contribution is 2.20. The molecule has 1 aromatic heterocycles. The van der Waals surface area contributed by atoms with Gasteiger partial charge in [0.05, 0.1) is 17.4 Å². The molecule has 0 atom stereocenters. The van der Waals surface area contributed by atoms with Crippen molar-refractivity contribution in [2.24, 2.45) is 0 Å². The Balaban J connectivity index is 2.30. The highest BCUT2D eigenvalue weighted by Gasteiger charge is 2.10. The predicted octanol–water partition coefficient (Wildman–Crippen LogP) is 2.55. The van der Waals surface area contributed by atoms with E-state index in [1.807, 2.05) is 0 Å². The number of hydrogen-bond donors (Lipinski definition) is 3. The first-order valence-electron chi connectivity index (χ1n) is 5.49. The number of pyridine rings is 1. The van der Waals surface area contributed by atoms with Crippen LogP contribution in [0.5, 0.6) is 0 Å². The Labute approximate surface area is 108 Å². The molecule has 0 spiro atoms. The fourth-order valence-electron chi connectivity index (χ4n) is 1.54. The molecule has 0 unspecified atom stereocenters. The molecular weight excluding hydrogens is 249 g/mol. The molecule has 19 heavy (non-hydrogen) atoms. The summed E-state index contributed by atoms with van der Waals surface area (Å²) in [5.74, 6) is -1.20. The number of anilines is 3. The first-order valence-corrected chi connectivity index (χ1v) is 5.49. The van der Waals surface area contributed by atoms with E-state index in [9.17, 15) is 9.18 Å². The molecule has 0 aliphatic heterocycles. The van der Waals surface area contributed by atoms with E-state index in [2.05, 4.69) is 10.3 Å². The zero-order valence-corrected chi connectivity index (χ0v) is 10.1. The van der Waals surface area contributed by atoms with E-state index in [4.69, 9.17) is 10.8 Å². The third-order valence-corrected chi connectivity index (χ3v) is 2.61. The van der Waals surface area contributed by atoms with Gasteiger partial charge in [-0.15, -0.1) is 0 Å². The van der Waals surface area contributed by atoms with E-state index >= 15 is 0 Å². The molecular formula is C13H12FN3O2. The van der Waals surface area contributed by atoms with Gasteiger partial charge in [-0.3, -0.25) is 0 Å². The van der Waals surface area contributed by atoms with Crippen LogP contribution in [0.1, 0.15) is 15.9 Å². The summed E-state index contributed by atoms with van der Waals surface area (Å²) in [7, 11) is 0. The maximum atomic E-state index is 13.4. The van der Waals surface area contributed by atoms with Gasteiger partial charge in [-0.1, -0.05) is 6.07 Å². The Hall–Kier alpha value is -2.63. The minimum Gasteiger partial charge on any atom is -0.478 e. The lowest BCUT2D eigenvalue weighted by atomic mass is 10.2. The molecule has 0 saturated heterocycles. The number of halogens is 1. The zero-order valence-electron chi connectivity index (χ0n) is 10.1. The largest absolute Gasteiger partial charge is 0.478 e. The number of carboxylic acids is 1. The second-order valence-electron chi connectivity index (χ2n) is 4.05. The predicted molar refractivity (Wildman–Crippen MR) is 70.0 cm³/mol. The van der Waals surface area contributed by atoms with Gasteiger partial charge in [0.15, 0.2) is 0 Å². The summed E-state index contributed by atoms with van der Waals surface area (Å²) in [6, 6.07) is 5.91. The molecule has 98 valence electrons. The summed E-state index contributed by atoms with van der Waals surface area (Å²) in [5, 5.41) is 11.8. The maximum Gasteiger partial charge on any atom is 0.337 e. The van der Waals surface area contributed by atoms with Gasteiger partial charge in [-0.2, -0.15) is 0 Å². The van der Waals surface area contributed by atoms with E-state index in [0.717, 1.165) is 0 Å². The van der Waals surface area contributed by atoms with E-state index < -0.39 is 5.97 Å². The average Bonchev–Trinajstić information content (AvgIpc) is 2.36. The van der Waals surface area contributed by atoms with Gasteiger partial charge in [0.2, 0.25) is 0 Å². The summed E-state index contributed by atoms with van der Waals surface area (Å²) in [6.45, 7) is 1.66. The smallest absolute Gasteiger partial charge is 0.337 e. The number of aromatic carboxylic acids is 1. The van der Waals surface area contributed by atoms with Crippen LogP contribution in [0.15, 0.2) is 30.5 Å². The molecule has 0 fully saturated rings. The first-order chi connectivity index (χ1) is 8.97. The van der Waals surface area contributed by atoms with Gasteiger partial charge in [0.1, 0.15) is 11.6 Å². The molecule has 0 amide bonds. The summed E-state index contributed by atoms with van der Waals surface area (Å²) >= 11 is 0. The molecule has 1 heterocycles. The van der Waals surface area contributed by atoms with Crippen molar-refractivity contribution in [1.82, 2.24) is 4.98 Å². The first kappa shape index (κ1) is 12.8. The van der Waals surface area contributed by atoms with Crippen LogP contribution in [0.2, 0.25) is 0 Å². The minimum absolute atomic E-state index is 0.0508. The summed E-state index contributed by atoms with van der Waals surface area (Å²) in [5.41, 5.74) is 6.54. The van der Waals surface area contributed by atoms with E-state index in [1.165, 1.54) is 18.3 Å². The van der Waals surface area contributed by atoms with Crippen LogP contribution < -0.4 is 11.1 Å². The standard InChI is InChI=1S/C13H12FN3O2/c1-7-2-3-8(4-10(7)14)17-12-5-9(13(18)19)11(15)6-16-12/h2-6H,15H2,1H3,(H,16,17)(H,18,19). The number of nitrogen functional groups attached to an aromatic ring is 1. The number of carbonyl (C=O) groups is 1. The molecule has 0 aliphatic rings. The van der Waals surface area contributed by atoms with Crippen LogP contribution in [-0.4, -0.2) is 16.1 Å². The lowest BCUT2D eigenvalue weighted by molar-refractivity contribution is 0.0698. The number of nitrogens with zero attached hydrogens (tertiary/aromatic N) is 1. The normalized spacial score (nSPS) is 10.2. The Morgan fingerprint density at radius 2 is 2.16 bits per heavy atom. The van der Waals surface area contributed by atoms with Crippen LogP contribution >= 0.6 is 0 Å². The van der Waals surface area contributed by atoms with Crippen molar-refractivity contribution in [3.05, 3.63) is 47.4 Å². The monoisotopic (exact) mass is 261 g/mol. The summed E-state index contributed by atoms with van der Waals surface area (Å²) < 4.78 is 13.4. The molecule has 0 radical (unpaired) electrons. The molecule has 2 rings (SSSR count). The van der Waals surface area contributed by atoms with Gasteiger partial charge in [0.25, 0.3) is 0 Å². The third-order valence-electron chi connectivity index (χ3n) is 2.61. The van der Waals surface area contributed by atoms with Crippen LogP contribution in [0.25, 0.3) is 0 Å². The number of rotatable bonds is 3. The van der Waals surface area contributed by atoms with Crippen molar-refractivity contribution in [2.45, 2.75) is 6.92 Å². The summed E-state index contributed by atoms with van der Waals surface area (Å²) in [4.78, 5) is 14.9. The highest BCUT2D eigenvalue weighted by atomic mass is 19.1. The van der Waals surface area contributed by atoms with Crippen molar-refractivity contribution < 1.29 is 14.3 Å². The van der Waals surface area contributed by atoms with E-state index in [0.29, 0.717) is 11.3 Å². The SMILES string of the molecule is Cc1ccc(Nc2cc(C(=O)O)c(N)cn2)cc1F. The van der Waals surface area contributed by atoms with Crippen LogP contribution in [0, 0.1) is 12.7 Å². The lowest BCUT2D eigenvalue weighted by Crippen LogP contribution is -2.05. The van der Waals surface area contributed by atoms with Crippen molar-refractivity contribution in [2.75, 3.05) is 11.1 Å². The molecule has 4 N–H and O–H groups in total. The number of benzene rings is 1. The van der Waals surface area contributed by atoms with Gasteiger partial charge in [-0.25, -0.2) is 14.2 Å². The van der Waals surface area contributed by atoms with Gasteiger partial charge < -0.3 is 16.2 Å². The quantitative estimate of drug-likeness (QED) is 0.790. The number of aryl methyl sites for hydroxylation is 1. The molecule has 0 bridgehead atoms. The van der Waals surface area contributed by atoms with Crippen molar-refractivity contribution in [3.63, 3.8) is 0 Å². The van der Waals surface area contributed by atoms with Crippen molar-refractivity contribution in [3.8, 4) is 0 Å². The topological polar surface area (TPSA) is 88.2 Å². The van der Waals surface area contributed by atoms with Crippen LogP contribution in [0.3, 0.4) is 0 Å². The molecule has 0 aliphatic carbocycles. The fraction of sp³-hybridized carbons (Fsp3) is 0.0769. The van der Waals surface area contributed by atoms with E-state index in [-0.39, 0.29) is 22.9 Å². The molecule has 0 saturated carbocycles. The number of hydrogen-bond acceptors (Lipinski definition) is 4. The van der Waals surface area contributed by atoms with Crippen LogP contribution in [-0.2, 0) is 0 Å². The number of nitrogens with two attached hydrogens (primary N) is 1. The molecule has 1 aromatic carbocycles. The Bertz CT molecular complexity index is 644. The van der Waals surface area contributed by atoms with E-state index in [1.54, 1.807) is 19.1 Å². The number of nitrogens with one attached hydrogen (secondary N) is 1. The number of carboxylic acid groups (broad SMARTS) is 1. The molecule has 5 nitrogen and oxygen atoms in total. The maximum absolute atomic E-state index is 13.4. The van der Waals surface area contributed by atoms with Gasteiger partial charge in [0, 0.05) is 5.69 Å².